The third kappa shape index (κ3) is 3.89. The lowest BCUT2D eigenvalue weighted by Gasteiger charge is -2.36. The van der Waals surface area contributed by atoms with Gasteiger partial charge in [0.25, 0.3) is 11.8 Å². The van der Waals surface area contributed by atoms with Gasteiger partial charge in [0, 0.05) is 25.2 Å². The van der Waals surface area contributed by atoms with Crippen LogP contribution in [0.15, 0.2) is 59.0 Å². The van der Waals surface area contributed by atoms with Crippen molar-refractivity contribution < 1.29 is 23.5 Å². The topological polar surface area (TPSA) is 85.1 Å². The smallest absolute Gasteiger partial charge is 0.265 e. The normalized spacial score (nSPS) is 18.8. The van der Waals surface area contributed by atoms with E-state index in [0.717, 1.165) is 5.52 Å². The van der Waals surface area contributed by atoms with Crippen LogP contribution in [-0.4, -0.2) is 60.7 Å². The second-order valence-corrected chi connectivity index (χ2v) is 7.31. The van der Waals surface area contributed by atoms with Crippen LogP contribution < -0.4 is 9.64 Å². The summed E-state index contributed by atoms with van der Waals surface area (Å²) in [5.41, 5.74) is 2.01. The molecule has 1 fully saturated rings. The Morgan fingerprint density at radius 3 is 2.65 bits per heavy atom. The van der Waals surface area contributed by atoms with Crippen LogP contribution in [0.1, 0.15) is 5.89 Å². The third-order valence-electron chi connectivity index (χ3n) is 5.32. The first-order valence-electron chi connectivity index (χ1n) is 10.2. The fraction of sp³-hybridized carbons (Fsp3) is 0.261. The Morgan fingerprint density at radius 1 is 1.03 bits per heavy atom. The number of aromatic nitrogens is 1. The number of anilines is 1. The predicted octanol–water partition coefficient (Wildman–Crippen LogP) is 2.49. The van der Waals surface area contributed by atoms with Gasteiger partial charge in [-0.25, -0.2) is 4.98 Å². The van der Waals surface area contributed by atoms with E-state index < -0.39 is 6.10 Å². The highest BCUT2D eigenvalue weighted by atomic mass is 16.5. The minimum atomic E-state index is -0.769. The van der Waals surface area contributed by atoms with E-state index in [1.807, 2.05) is 36.4 Å². The number of carbonyl (C=O) groups excluding carboxylic acids is 2. The van der Waals surface area contributed by atoms with Gasteiger partial charge >= 0.3 is 0 Å². The molecular weight excluding hydrogens is 398 g/mol. The number of rotatable bonds is 3. The molecule has 2 aromatic carbocycles. The molecule has 158 valence electrons. The van der Waals surface area contributed by atoms with Crippen LogP contribution in [0.2, 0.25) is 0 Å². The number of amides is 2. The molecule has 2 amide bonds. The van der Waals surface area contributed by atoms with Crippen LogP contribution in [0.25, 0.3) is 17.2 Å². The van der Waals surface area contributed by atoms with E-state index in [1.54, 1.807) is 28.0 Å². The van der Waals surface area contributed by atoms with E-state index >= 15 is 0 Å². The van der Waals surface area contributed by atoms with Crippen LogP contribution in [0.3, 0.4) is 0 Å². The number of morpholine rings is 1. The molecule has 1 aromatic heterocycles. The molecule has 8 heteroatoms. The van der Waals surface area contributed by atoms with Crippen LogP contribution >= 0.6 is 0 Å². The Labute approximate surface area is 178 Å². The summed E-state index contributed by atoms with van der Waals surface area (Å²) in [6, 6.07) is 14.6. The van der Waals surface area contributed by atoms with Crippen LogP contribution in [0.4, 0.5) is 5.69 Å². The summed E-state index contributed by atoms with van der Waals surface area (Å²) < 4.78 is 16.9. The zero-order valence-corrected chi connectivity index (χ0v) is 16.8. The molecule has 0 saturated carbocycles. The number of hydrogen-bond acceptors (Lipinski definition) is 6. The van der Waals surface area contributed by atoms with Gasteiger partial charge in [-0.3, -0.25) is 9.59 Å². The average molecular weight is 419 g/mol. The maximum absolute atomic E-state index is 13.1. The molecule has 3 aromatic rings. The van der Waals surface area contributed by atoms with Crippen molar-refractivity contribution in [1.29, 1.82) is 0 Å². The molecular formula is C23H21N3O5. The molecule has 1 atom stereocenters. The minimum absolute atomic E-state index is 0.129. The van der Waals surface area contributed by atoms with E-state index in [4.69, 9.17) is 13.9 Å². The number of para-hydroxylation sites is 4. The lowest BCUT2D eigenvalue weighted by Crippen LogP contribution is -2.53. The SMILES string of the molecule is O=C(C1CN(C(=O)C=Cc2nc3ccccc3o2)c2ccccc2O1)N1CCOCC1. The molecule has 1 unspecified atom stereocenters. The summed E-state index contributed by atoms with van der Waals surface area (Å²) in [6.07, 6.45) is 2.18. The summed E-state index contributed by atoms with van der Waals surface area (Å²) in [7, 11) is 0. The highest BCUT2D eigenvalue weighted by molar-refractivity contribution is 6.05. The first-order chi connectivity index (χ1) is 15.2. The van der Waals surface area contributed by atoms with Gasteiger partial charge in [-0.1, -0.05) is 24.3 Å². The van der Waals surface area contributed by atoms with Crippen molar-refractivity contribution in [2.45, 2.75) is 6.10 Å². The van der Waals surface area contributed by atoms with Crippen LogP contribution in [-0.2, 0) is 14.3 Å². The highest BCUT2D eigenvalue weighted by Crippen LogP contribution is 2.34. The summed E-state index contributed by atoms with van der Waals surface area (Å²) in [5.74, 6) is 0.428. The Balaban J connectivity index is 1.38. The van der Waals surface area contributed by atoms with E-state index in [-0.39, 0.29) is 18.4 Å². The molecule has 0 spiro atoms. The summed E-state index contributed by atoms with van der Waals surface area (Å²) in [6.45, 7) is 2.18. The van der Waals surface area contributed by atoms with E-state index in [1.165, 1.54) is 6.08 Å². The molecule has 5 rings (SSSR count). The van der Waals surface area contributed by atoms with Gasteiger partial charge in [-0.2, -0.15) is 0 Å². The van der Waals surface area contributed by atoms with Gasteiger partial charge < -0.3 is 23.7 Å². The van der Waals surface area contributed by atoms with Crippen molar-refractivity contribution in [3.05, 3.63) is 60.5 Å². The van der Waals surface area contributed by atoms with Gasteiger partial charge in [-0.15, -0.1) is 0 Å². The van der Waals surface area contributed by atoms with Crippen molar-refractivity contribution >= 4 is 34.7 Å². The number of oxazole rings is 1. The fourth-order valence-corrected chi connectivity index (χ4v) is 3.75. The quantitative estimate of drug-likeness (QED) is 0.607. The van der Waals surface area contributed by atoms with Crippen LogP contribution in [0.5, 0.6) is 5.75 Å². The van der Waals surface area contributed by atoms with Gasteiger partial charge in [0.1, 0.15) is 11.3 Å². The molecule has 31 heavy (non-hydrogen) atoms. The molecule has 8 nitrogen and oxygen atoms in total. The van der Waals surface area contributed by atoms with E-state index in [0.29, 0.717) is 49.2 Å². The van der Waals surface area contributed by atoms with Crippen molar-refractivity contribution in [2.75, 3.05) is 37.7 Å². The molecule has 0 aliphatic carbocycles. The second kappa shape index (κ2) is 8.23. The van der Waals surface area contributed by atoms with Crippen LogP contribution in [0, 0.1) is 0 Å². The lowest BCUT2D eigenvalue weighted by molar-refractivity contribution is -0.142. The van der Waals surface area contributed by atoms with Crippen molar-refractivity contribution in [3.63, 3.8) is 0 Å². The molecule has 2 aliphatic heterocycles. The predicted molar refractivity (Wildman–Crippen MR) is 114 cm³/mol. The highest BCUT2D eigenvalue weighted by Gasteiger charge is 2.35. The maximum Gasteiger partial charge on any atom is 0.265 e. The van der Waals surface area contributed by atoms with Crippen molar-refractivity contribution in [3.8, 4) is 5.75 Å². The second-order valence-electron chi connectivity index (χ2n) is 7.31. The van der Waals surface area contributed by atoms with Crippen molar-refractivity contribution in [1.82, 2.24) is 9.88 Å². The zero-order chi connectivity index (χ0) is 21.2. The number of benzene rings is 2. The zero-order valence-electron chi connectivity index (χ0n) is 16.8. The van der Waals surface area contributed by atoms with Gasteiger partial charge in [0.15, 0.2) is 11.7 Å². The molecule has 3 heterocycles. The van der Waals surface area contributed by atoms with Crippen molar-refractivity contribution in [2.24, 2.45) is 0 Å². The monoisotopic (exact) mass is 419 g/mol. The molecule has 0 bridgehead atoms. The third-order valence-corrected chi connectivity index (χ3v) is 5.32. The Bertz CT molecular complexity index is 1120. The Morgan fingerprint density at radius 2 is 1.81 bits per heavy atom. The summed E-state index contributed by atoms with van der Waals surface area (Å²) >= 11 is 0. The first-order valence-corrected chi connectivity index (χ1v) is 10.2. The fourth-order valence-electron chi connectivity index (χ4n) is 3.75. The number of fused-ring (bicyclic) bond motifs is 2. The van der Waals surface area contributed by atoms with Gasteiger partial charge in [0.05, 0.1) is 25.4 Å². The minimum Gasteiger partial charge on any atom is -0.476 e. The molecule has 1 saturated heterocycles. The number of carbonyl (C=O) groups is 2. The van der Waals surface area contributed by atoms with Gasteiger partial charge in [-0.05, 0) is 24.3 Å². The first kappa shape index (κ1) is 19.3. The lowest BCUT2D eigenvalue weighted by atomic mass is 10.1. The average Bonchev–Trinajstić information content (AvgIpc) is 3.25. The van der Waals surface area contributed by atoms with E-state index in [2.05, 4.69) is 4.98 Å². The summed E-state index contributed by atoms with van der Waals surface area (Å²) in [4.78, 5) is 33.7. The number of ether oxygens (including phenoxy) is 2. The molecule has 2 aliphatic rings. The number of nitrogens with zero attached hydrogens (tertiary/aromatic N) is 3. The van der Waals surface area contributed by atoms with E-state index in [9.17, 15) is 9.59 Å². The summed E-state index contributed by atoms with van der Waals surface area (Å²) in [5, 5.41) is 0. The van der Waals surface area contributed by atoms with Gasteiger partial charge in [0.2, 0.25) is 5.89 Å². The molecule has 0 radical (unpaired) electrons. The Kier molecular flexibility index (Phi) is 5.13. The standard InChI is InChI=1S/C23H21N3O5/c27-22(10-9-21-24-16-5-1-3-7-18(16)31-21)26-15-20(23(28)25-11-13-29-14-12-25)30-19-8-4-2-6-17(19)26/h1-10,20H,11-15H2. The maximum atomic E-state index is 13.1. The largest absolute Gasteiger partial charge is 0.476 e. The number of hydrogen-bond donors (Lipinski definition) is 0. The Hall–Kier alpha value is -3.65. The molecule has 0 N–H and O–H groups in total.